The van der Waals surface area contributed by atoms with Crippen LogP contribution in [-0.4, -0.2) is 43.5 Å². The van der Waals surface area contributed by atoms with Crippen LogP contribution in [0.2, 0.25) is 0 Å². The van der Waals surface area contributed by atoms with Crippen LogP contribution in [-0.2, 0) is 4.79 Å². The maximum Gasteiger partial charge on any atom is 0.256 e. The molecule has 4 rings (SSSR count). The normalized spacial score (nSPS) is 16.6. The second kappa shape index (κ2) is 9.41. The summed E-state index contributed by atoms with van der Waals surface area (Å²) in [5.41, 5.74) is 3.42. The molecule has 0 radical (unpaired) electrons. The molecule has 0 spiro atoms. The number of ether oxygens (including phenoxy) is 1. The molecule has 1 aliphatic heterocycles. The van der Waals surface area contributed by atoms with Crippen molar-refractivity contribution < 1.29 is 14.3 Å². The third kappa shape index (κ3) is 5.01. The van der Waals surface area contributed by atoms with Crippen LogP contribution in [0.5, 0.6) is 5.75 Å². The Kier molecular flexibility index (Phi) is 6.44. The molecule has 6 heteroatoms. The fourth-order valence-corrected chi connectivity index (χ4v) is 4.29. The standard InChI is InChI=1S/C25H31N3O3/c1-17-6-5-7-21(23(17)25(30)28-14-3-4-15-28)26-16-22(29)27-24(18-8-9-18)19-10-12-20(31-2)13-11-19/h5-7,10-13,18,24,26H,3-4,8-9,14-16H2,1-2H3,(H,27,29). The third-order valence-corrected chi connectivity index (χ3v) is 6.20. The number of nitrogens with zero attached hydrogens (tertiary/aromatic N) is 1. The first-order valence-corrected chi connectivity index (χ1v) is 11.1. The number of rotatable bonds is 8. The number of benzene rings is 2. The molecule has 2 N–H and O–H groups in total. The predicted octanol–water partition coefficient (Wildman–Crippen LogP) is 3.92. The molecule has 2 fully saturated rings. The summed E-state index contributed by atoms with van der Waals surface area (Å²) in [7, 11) is 1.65. The minimum atomic E-state index is -0.0752. The summed E-state index contributed by atoms with van der Waals surface area (Å²) in [6.07, 6.45) is 4.35. The van der Waals surface area contributed by atoms with Gasteiger partial charge >= 0.3 is 0 Å². The minimum absolute atomic E-state index is 0.00316. The zero-order valence-electron chi connectivity index (χ0n) is 18.3. The van der Waals surface area contributed by atoms with E-state index in [1.807, 2.05) is 54.3 Å². The Morgan fingerprint density at radius 2 is 1.81 bits per heavy atom. The fourth-order valence-electron chi connectivity index (χ4n) is 4.29. The van der Waals surface area contributed by atoms with E-state index >= 15 is 0 Å². The highest BCUT2D eigenvalue weighted by Gasteiger charge is 2.33. The van der Waals surface area contributed by atoms with Gasteiger partial charge in [0, 0.05) is 18.8 Å². The van der Waals surface area contributed by atoms with Crippen LogP contribution in [0.15, 0.2) is 42.5 Å². The van der Waals surface area contributed by atoms with Crippen molar-refractivity contribution in [3.8, 4) is 5.75 Å². The molecule has 1 aliphatic carbocycles. The van der Waals surface area contributed by atoms with E-state index in [1.165, 1.54) is 0 Å². The summed E-state index contributed by atoms with van der Waals surface area (Å²) in [5, 5.41) is 6.40. The monoisotopic (exact) mass is 421 g/mol. The zero-order chi connectivity index (χ0) is 21.8. The molecule has 2 aromatic carbocycles. The molecule has 2 amide bonds. The topological polar surface area (TPSA) is 70.7 Å². The number of carbonyl (C=O) groups excluding carboxylic acids is 2. The van der Waals surface area contributed by atoms with Crippen molar-refractivity contribution in [1.29, 1.82) is 0 Å². The molecular weight excluding hydrogens is 390 g/mol. The summed E-state index contributed by atoms with van der Waals surface area (Å²) in [5.74, 6) is 1.26. The molecule has 2 aromatic rings. The average Bonchev–Trinajstić information content (AvgIpc) is 3.48. The van der Waals surface area contributed by atoms with E-state index in [1.54, 1.807) is 7.11 Å². The first-order valence-electron chi connectivity index (χ1n) is 11.1. The van der Waals surface area contributed by atoms with Gasteiger partial charge in [-0.2, -0.15) is 0 Å². The SMILES string of the molecule is COc1ccc(C(NC(=O)CNc2cccc(C)c2C(=O)N2CCCC2)C2CC2)cc1. The van der Waals surface area contributed by atoms with Gasteiger partial charge < -0.3 is 20.3 Å². The quantitative estimate of drug-likeness (QED) is 0.678. The largest absolute Gasteiger partial charge is 0.497 e. The molecule has 1 saturated carbocycles. The highest BCUT2D eigenvalue weighted by Crippen LogP contribution is 2.41. The number of methoxy groups -OCH3 is 1. The third-order valence-electron chi connectivity index (χ3n) is 6.20. The molecule has 0 aromatic heterocycles. The lowest BCUT2D eigenvalue weighted by Crippen LogP contribution is -2.35. The van der Waals surface area contributed by atoms with Crippen molar-refractivity contribution in [2.45, 2.75) is 38.6 Å². The highest BCUT2D eigenvalue weighted by molar-refractivity contribution is 6.01. The summed E-state index contributed by atoms with van der Waals surface area (Å²) < 4.78 is 5.24. The summed E-state index contributed by atoms with van der Waals surface area (Å²) in [6.45, 7) is 3.68. The van der Waals surface area contributed by atoms with Crippen LogP contribution in [0, 0.1) is 12.8 Å². The van der Waals surface area contributed by atoms with Crippen molar-refractivity contribution in [1.82, 2.24) is 10.2 Å². The summed E-state index contributed by atoms with van der Waals surface area (Å²) >= 11 is 0. The van der Waals surface area contributed by atoms with E-state index in [0.29, 0.717) is 11.5 Å². The molecule has 164 valence electrons. The van der Waals surface area contributed by atoms with Gasteiger partial charge in [-0.1, -0.05) is 24.3 Å². The Bertz CT molecular complexity index is 932. The maximum absolute atomic E-state index is 13.0. The van der Waals surface area contributed by atoms with Crippen LogP contribution in [0.4, 0.5) is 5.69 Å². The Labute approximate surface area is 184 Å². The Hall–Kier alpha value is -3.02. The van der Waals surface area contributed by atoms with Crippen LogP contribution in [0.25, 0.3) is 0 Å². The summed E-state index contributed by atoms with van der Waals surface area (Å²) in [4.78, 5) is 27.7. The lowest BCUT2D eigenvalue weighted by atomic mass is 10.0. The van der Waals surface area contributed by atoms with Gasteiger partial charge in [-0.3, -0.25) is 9.59 Å². The number of anilines is 1. The van der Waals surface area contributed by atoms with Gasteiger partial charge in [-0.25, -0.2) is 0 Å². The lowest BCUT2D eigenvalue weighted by Gasteiger charge is -2.21. The first kappa shape index (κ1) is 21.2. The molecule has 1 unspecified atom stereocenters. The first-order chi connectivity index (χ1) is 15.1. The van der Waals surface area contributed by atoms with Crippen LogP contribution >= 0.6 is 0 Å². The molecule has 1 saturated heterocycles. The molecular formula is C25H31N3O3. The summed E-state index contributed by atoms with van der Waals surface area (Å²) in [6, 6.07) is 13.6. The van der Waals surface area contributed by atoms with E-state index in [9.17, 15) is 9.59 Å². The second-order valence-electron chi connectivity index (χ2n) is 8.51. The predicted molar refractivity (Wildman–Crippen MR) is 121 cm³/mol. The Morgan fingerprint density at radius 1 is 1.10 bits per heavy atom. The average molecular weight is 422 g/mol. The van der Waals surface area contributed by atoms with E-state index in [-0.39, 0.29) is 24.4 Å². The number of likely N-dealkylation sites (tertiary alicyclic amines) is 1. The molecule has 1 atom stereocenters. The van der Waals surface area contributed by atoms with Gasteiger partial charge in [0.05, 0.1) is 25.3 Å². The number of hydrogen-bond acceptors (Lipinski definition) is 4. The van der Waals surface area contributed by atoms with Gasteiger partial charge in [-0.15, -0.1) is 0 Å². The van der Waals surface area contributed by atoms with Crippen LogP contribution in [0.1, 0.15) is 53.2 Å². The number of hydrogen-bond donors (Lipinski definition) is 2. The van der Waals surface area contributed by atoms with Gasteiger partial charge in [-0.05, 0) is 67.9 Å². The Balaban J connectivity index is 1.42. The smallest absolute Gasteiger partial charge is 0.256 e. The van der Waals surface area contributed by atoms with E-state index in [0.717, 1.165) is 61.3 Å². The van der Waals surface area contributed by atoms with Crippen LogP contribution < -0.4 is 15.4 Å². The number of nitrogens with one attached hydrogen (secondary N) is 2. The van der Waals surface area contributed by atoms with Crippen molar-refractivity contribution in [3.63, 3.8) is 0 Å². The maximum atomic E-state index is 13.0. The molecule has 2 aliphatic rings. The molecule has 31 heavy (non-hydrogen) atoms. The number of aryl methyl sites for hydroxylation is 1. The zero-order valence-corrected chi connectivity index (χ0v) is 18.3. The van der Waals surface area contributed by atoms with Gasteiger partial charge in [0.15, 0.2) is 0 Å². The number of amides is 2. The van der Waals surface area contributed by atoms with E-state index in [4.69, 9.17) is 4.74 Å². The van der Waals surface area contributed by atoms with Crippen molar-refractivity contribution >= 4 is 17.5 Å². The molecule has 0 bridgehead atoms. The van der Waals surface area contributed by atoms with Crippen molar-refractivity contribution in [2.24, 2.45) is 5.92 Å². The van der Waals surface area contributed by atoms with Crippen molar-refractivity contribution in [3.05, 3.63) is 59.2 Å². The molecule has 6 nitrogen and oxygen atoms in total. The van der Waals surface area contributed by atoms with Gasteiger partial charge in [0.1, 0.15) is 5.75 Å². The van der Waals surface area contributed by atoms with Gasteiger partial charge in [0.25, 0.3) is 5.91 Å². The lowest BCUT2D eigenvalue weighted by molar-refractivity contribution is -0.120. The second-order valence-corrected chi connectivity index (χ2v) is 8.51. The van der Waals surface area contributed by atoms with Crippen LogP contribution in [0.3, 0.4) is 0 Å². The Morgan fingerprint density at radius 3 is 2.45 bits per heavy atom. The number of carbonyl (C=O) groups is 2. The highest BCUT2D eigenvalue weighted by atomic mass is 16.5. The minimum Gasteiger partial charge on any atom is -0.497 e. The van der Waals surface area contributed by atoms with Gasteiger partial charge in [0.2, 0.25) is 5.91 Å². The van der Waals surface area contributed by atoms with Crippen molar-refractivity contribution in [2.75, 3.05) is 32.1 Å². The van der Waals surface area contributed by atoms with E-state index < -0.39 is 0 Å². The fraction of sp³-hybridized carbons (Fsp3) is 0.440. The molecule has 1 heterocycles. The van der Waals surface area contributed by atoms with E-state index in [2.05, 4.69) is 10.6 Å².